The van der Waals surface area contributed by atoms with Crippen LogP contribution in [0.15, 0.2) is 24.3 Å². The fraction of sp³-hybridized carbons (Fsp3) is 0.571. The van der Waals surface area contributed by atoms with Gasteiger partial charge in [0.05, 0.1) is 0 Å². The zero-order valence-corrected chi connectivity index (χ0v) is 17.8. The van der Waals surface area contributed by atoms with E-state index in [0.717, 1.165) is 18.4 Å². The van der Waals surface area contributed by atoms with Crippen LogP contribution in [0.4, 0.5) is 0 Å². The number of hydrogen-bond acceptors (Lipinski definition) is 4. The third-order valence-corrected chi connectivity index (χ3v) is 5.29. The molecule has 0 aliphatic heterocycles. The van der Waals surface area contributed by atoms with Gasteiger partial charge in [0, 0.05) is 0 Å². The second-order valence-electron chi connectivity index (χ2n) is 5.29. The largest absolute Gasteiger partial charge is 2.00 e. The van der Waals surface area contributed by atoms with Crippen molar-refractivity contribution < 1.29 is 35.5 Å². The fourth-order valence-electron chi connectivity index (χ4n) is 2.11. The van der Waals surface area contributed by atoms with Gasteiger partial charge in [-0.25, -0.2) is 9.13 Å². The van der Waals surface area contributed by atoms with Crippen molar-refractivity contribution in [2.75, 3.05) is 0 Å². The molecule has 0 bridgehead atoms. The zero-order chi connectivity index (χ0) is 17.3. The van der Waals surface area contributed by atoms with Crippen LogP contribution in [-0.2, 0) is 19.9 Å². The Morgan fingerprint density at radius 3 is 2.04 bits per heavy atom. The van der Waals surface area contributed by atoms with Gasteiger partial charge in [-0.2, -0.15) is 4.31 Å². The minimum Gasteiger partial charge on any atom is -1.00 e. The predicted molar refractivity (Wildman–Crippen MR) is 95.1 cm³/mol. The molecule has 0 aliphatic rings. The summed E-state index contributed by atoms with van der Waals surface area (Å²) < 4.78 is 30.3. The van der Waals surface area contributed by atoms with Crippen LogP contribution in [0.25, 0.3) is 0 Å². The summed E-state index contributed by atoms with van der Waals surface area (Å²) in [5, 5.41) is 0. The Bertz CT molecular complexity index is 569. The Labute approximate surface area is 175 Å². The third kappa shape index (κ3) is 12.0. The van der Waals surface area contributed by atoms with E-state index >= 15 is 0 Å². The number of rotatable bonds is 11. The molecule has 0 fully saturated rings. The maximum absolute atomic E-state index is 11.4. The average Bonchev–Trinajstić information content (AvgIpc) is 2.41. The van der Waals surface area contributed by atoms with Crippen LogP contribution in [0.1, 0.15) is 53.9 Å². The number of unbranched alkanes of at least 4 members (excludes halogenated alkanes) is 5. The molecule has 1 rings (SSSR count). The Kier molecular flexibility index (Phi) is 12.3. The van der Waals surface area contributed by atoms with E-state index in [4.69, 9.17) is 9.79 Å². The summed E-state index contributed by atoms with van der Waals surface area (Å²) in [6.07, 6.45) is 8.12. The van der Waals surface area contributed by atoms with Gasteiger partial charge in [-0.15, -0.1) is 0 Å². The standard InChI is InChI=1S/C14H24O7P2.Ca.2H/c1-2-3-4-5-6-7-8-13-9-11-14(12-10-13)20-23(18,19)21-22(15,16)17;;;/h9-12H,2-8H2,1H3,(H,18,19)(H2,15,16,17);;;/q;+2;2*-1. The van der Waals surface area contributed by atoms with Crippen molar-refractivity contribution in [3.05, 3.63) is 29.8 Å². The number of phosphoric acid groups is 2. The summed E-state index contributed by atoms with van der Waals surface area (Å²) in [7, 11) is -9.95. The molecule has 0 saturated carbocycles. The van der Waals surface area contributed by atoms with Gasteiger partial charge in [0.1, 0.15) is 5.75 Å². The molecule has 3 N–H and O–H groups in total. The minimum atomic E-state index is -5.10. The summed E-state index contributed by atoms with van der Waals surface area (Å²) >= 11 is 0. The smallest absolute Gasteiger partial charge is 1.00 e. The van der Waals surface area contributed by atoms with Crippen LogP contribution < -0.4 is 4.52 Å². The van der Waals surface area contributed by atoms with Gasteiger partial charge < -0.3 is 17.2 Å². The monoisotopic (exact) mass is 408 g/mol. The summed E-state index contributed by atoms with van der Waals surface area (Å²) in [5.41, 5.74) is 1.07. The quantitative estimate of drug-likeness (QED) is 0.288. The van der Waals surface area contributed by atoms with Crippen molar-refractivity contribution in [3.63, 3.8) is 0 Å². The van der Waals surface area contributed by atoms with Crippen LogP contribution in [0.2, 0.25) is 0 Å². The molecule has 0 heterocycles. The summed E-state index contributed by atoms with van der Waals surface area (Å²) in [5.74, 6) is 0.0102. The van der Waals surface area contributed by atoms with Gasteiger partial charge in [0.15, 0.2) is 0 Å². The first-order valence-corrected chi connectivity index (χ1v) is 10.6. The average molecular weight is 408 g/mol. The molecule has 24 heavy (non-hydrogen) atoms. The van der Waals surface area contributed by atoms with E-state index in [1.807, 2.05) is 0 Å². The van der Waals surface area contributed by atoms with Crippen molar-refractivity contribution in [2.24, 2.45) is 0 Å². The van der Waals surface area contributed by atoms with E-state index in [0.29, 0.717) is 0 Å². The van der Waals surface area contributed by atoms with Gasteiger partial charge in [-0.1, -0.05) is 51.2 Å². The van der Waals surface area contributed by atoms with Gasteiger partial charge in [-0.05, 0) is 30.5 Å². The number of aryl methyl sites for hydroxylation is 1. The number of benzene rings is 1. The molecule has 0 spiro atoms. The van der Waals surface area contributed by atoms with E-state index in [9.17, 15) is 14.0 Å². The normalized spacial score (nSPS) is 13.8. The second kappa shape index (κ2) is 12.1. The molecule has 0 saturated heterocycles. The van der Waals surface area contributed by atoms with E-state index in [1.54, 1.807) is 12.1 Å². The van der Waals surface area contributed by atoms with Gasteiger partial charge in [-0.3, -0.25) is 4.89 Å². The molecule has 7 nitrogen and oxygen atoms in total. The molecule has 1 aromatic rings. The van der Waals surface area contributed by atoms with Crippen LogP contribution in [0, 0.1) is 0 Å². The predicted octanol–water partition coefficient (Wildman–Crippen LogP) is 4.02. The second-order valence-corrected chi connectivity index (χ2v) is 8.05. The Hall–Kier alpha value is 0.580. The van der Waals surface area contributed by atoms with Crippen LogP contribution >= 0.6 is 15.6 Å². The summed E-state index contributed by atoms with van der Waals surface area (Å²) in [6.45, 7) is 2.18. The molecule has 0 amide bonds. The molecule has 10 heteroatoms. The number of hydrogen-bond donors (Lipinski definition) is 3. The molecule has 1 aromatic carbocycles. The summed E-state index contributed by atoms with van der Waals surface area (Å²) in [6, 6.07) is 6.44. The van der Waals surface area contributed by atoms with E-state index in [1.165, 1.54) is 44.2 Å². The molecule has 0 aliphatic carbocycles. The van der Waals surface area contributed by atoms with Crippen molar-refractivity contribution in [2.45, 2.75) is 51.9 Å². The molecule has 1 unspecified atom stereocenters. The topological polar surface area (TPSA) is 113 Å². The first-order chi connectivity index (χ1) is 10.7. The van der Waals surface area contributed by atoms with Crippen molar-refractivity contribution in [1.29, 1.82) is 0 Å². The van der Waals surface area contributed by atoms with Gasteiger partial charge in [0.2, 0.25) is 0 Å². The molecule has 136 valence electrons. The van der Waals surface area contributed by atoms with Crippen molar-refractivity contribution >= 4 is 53.4 Å². The van der Waals surface area contributed by atoms with Crippen molar-refractivity contribution in [3.8, 4) is 5.75 Å². The Morgan fingerprint density at radius 2 is 1.50 bits per heavy atom. The van der Waals surface area contributed by atoms with E-state index in [2.05, 4.69) is 15.8 Å². The van der Waals surface area contributed by atoms with Gasteiger partial charge >= 0.3 is 53.4 Å². The van der Waals surface area contributed by atoms with E-state index < -0.39 is 15.6 Å². The van der Waals surface area contributed by atoms with Crippen LogP contribution in [-0.4, -0.2) is 52.4 Å². The van der Waals surface area contributed by atoms with Crippen molar-refractivity contribution in [1.82, 2.24) is 0 Å². The fourth-order valence-corrected chi connectivity index (χ4v) is 3.71. The van der Waals surface area contributed by atoms with Crippen LogP contribution in [0.3, 0.4) is 0 Å². The van der Waals surface area contributed by atoms with Crippen LogP contribution in [0.5, 0.6) is 5.75 Å². The first kappa shape index (κ1) is 24.6. The molecular weight excluding hydrogens is 382 g/mol. The van der Waals surface area contributed by atoms with E-state index in [-0.39, 0.29) is 46.3 Å². The maximum atomic E-state index is 11.4. The third-order valence-electron chi connectivity index (χ3n) is 3.17. The van der Waals surface area contributed by atoms with Gasteiger partial charge in [0.25, 0.3) is 0 Å². The Morgan fingerprint density at radius 1 is 0.958 bits per heavy atom. The minimum absolute atomic E-state index is 0. The molecular formula is C14H26CaO7P2. The number of phosphoric ester groups is 1. The maximum Gasteiger partial charge on any atom is 2.00 e. The zero-order valence-electron chi connectivity index (χ0n) is 15.8. The summed E-state index contributed by atoms with van der Waals surface area (Å²) in [4.78, 5) is 26.3. The molecule has 0 aromatic heterocycles. The molecule has 1 atom stereocenters. The molecule has 0 radical (unpaired) electrons. The SMILES string of the molecule is CCCCCCCCc1ccc(OP(=O)(O)OP(=O)(O)O)cc1.[Ca+2].[H-].[H-]. The Balaban J connectivity index is -0.00000176. The first-order valence-electron chi connectivity index (χ1n) is 7.60.